The molecule has 154 valence electrons. The highest BCUT2D eigenvalue weighted by Crippen LogP contribution is 2.26. The number of nitrogens with zero attached hydrogens (tertiary/aromatic N) is 3. The average molecular weight is 502 g/mol. The Morgan fingerprint density at radius 2 is 2.04 bits per heavy atom. The normalized spacial score (nSPS) is 22.2. The van der Waals surface area contributed by atoms with Crippen LogP contribution in [0.2, 0.25) is 0 Å². The van der Waals surface area contributed by atoms with E-state index in [2.05, 4.69) is 15.1 Å². The summed E-state index contributed by atoms with van der Waals surface area (Å²) in [6, 6.07) is 0.687. The Kier molecular flexibility index (Phi) is 9.59. The summed E-state index contributed by atoms with van der Waals surface area (Å²) >= 11 is 0. The minimum Gasteiger partial charge on any atom is -0.383 e. The van der Waals surface area contributed by atoms with Gasteiger partial charge in [-0.2, -0.15) is 0 Å². The summed E-state index contributed by atoms with van der Waals surface area (Å²) in [6.07, 6.45) is 2.54. The van der Waals surface area contributed by atoms with Crippen LogP contribution in [0.15, 0.2) is 4.99 Å². The molecule has 1 saturated heterocycles. The highest BCUT2D eigenvalue weighted by molar-refractivity contribution is 14.0. The molecule has 1 aliphatic carbocycles. The van der Waals surface area contributed by atoms with E-state index < -0.39 is 14.6 Å². The van der Waals surface area contributed by atoms with Crippen molar-refractivity contribution < 1.29 is 13.2 Å². The predicted molar refractivity (Wildman–Crippen MR) is 117 cm³/mol. The third kappa shape index (κ3) is 6.49. The largest absolute Gasteiger partial charge is 0.383 e. The molecule has 9 heteroatoms. The number of methoxy groups -OCH3 is 1. The fourth-order valence-electron chi connectivity index (χ4n) is 3.16. The lowest BCUT2D eigenvalue weighted by Crippen LogP contribution is -2.57. The number of sulfone groups is 1. The molecule has 2 rings (SSSR count). The standard InChI is InChI=1S/C17H34N4O3S.HI/c1-5-18-16(21-11-13-25(22,23)17(2,3)14-21)19-8-9-20(10-12-24-4)15-6-7-15;/h15H,5-14H2,1-4H3,(H,18,19);1H. The van der Waals surface area contributed by atoms with Crippen LogP contribution < -0.4 is 5.32 Å². The number of ether oxygens (including phenoxy) is 1. The highest BCUT2D eigenvalue weighted by Gasteiger charge is 2.41. The molecular formula is C17H35IN4O3S. The van der Waals surface area contributed by atoms with Crippen LogP contribution in [0.4, 0.5) is 0 Å². The molecule has 1 N–H and O–H groups in total. The lowest BCUT2D eigenvalue weighted by Gasteiger charge is -2.39. The van der Waals surface area contributed by atoms with Crippen LogP contribution in [0.5, 0.6) is 0 Å². The minimum atomic E-state index is -3.04. The Balaban J connectivity index is 0.00000338. The molecule has 0 unspecified atom stereocenters. The number of nitrogens with one attached hydrogen (secondary N) is 1. The number of halogens is 1. The fraction of sp³-hybridized carbons (Fsp3) is 0.941. The Bertz CT molecular complexity index is 564. The van der Waals surface area contributed by atoms with Crippen LogP contribution in [0.25, 0.3) is 0 Å². The summed E-state index contributed by atoms with van der Waals surface area (Å²) in [4.78, 5) is 9.29. The highest BCUT2D eigenvalue weighted by atomic mass is 127. The van der Waals surface area contributed by atoms with Gasteiger partial charge in [-0.15, -0.1) is 24.0 Å². The topological polar surface area (TPSA) is 74.2 Å². The van der Waals surface area contributed by atoms with Crippen molar-refractivity contribution in [3.8, 4) is 0 Å². The lowest BCUT2D eigenvalue weighted by atomic mass is 10.2. The number of hydrogen-bond donors (Lipinski definition) is 1. The maximum absolute atomic E-state index is 12.2. The van der Waals surface area contributed by atoms with E-state index in [-0.39, 0.29) is 29.7 Å². The Hall–Kier alpha value is -0.130. The molecule has 1 saturated carbocycles. The third-order valence-electron chi connectivity index (χ3n) is 4.97. The van der Waals surface area contributed by atoms with Crippen molar-refractivity contribution >= 4 is 39.8 Å². The zero-order valence-corrected chi connectivity index (χ0v) is 19.7. The first-order valence-electron chi connectivity index (χ1n) is 9.29. The smallest absolute Gasteiger partial charge is 0.194 e. The summed E-state index contributed by atoms with van der Waals surface area (Å²) < 4.78 is 28.9. The molecule has 7 nitrogen and oxygen atoms in total. The van der Waals surface area contributed by atoms with E-state index >= 15 is 0 Å². The van der Waals surface area contributed by atoms with Gasteiger partial charge in [-0.3, -0.25) is 9.89 Å². The van der Waals surface area contributed by atoms with Gasteiger partial charge in [-0.1, -0.05) is 0 Å². The summed E-state index contributed by atoms with van der Waals surface area (Å²) in [7, 11) is -1.30. The molecular weight excluding hydrogens is 467 g/mol. The molecule has 0 atom stereocenters. The summed E-state index contributed by atoms with van der Waals surface area (Å²) in [5.41, 5.74) is 0. The van der Waals surface area contributed by atoms with Crippen LogP contribution in [-0.4, -0.2) is 93.7 Å². The summed E-state index contributed by atoms with van der Waals surface area (Å²) in [6.45, 7) is 10.7. The van der Waals surface area contributed by atoms with E-state index in [0.717, 1.165) is 32.2 Å². The molecule has 0 amide bonds. The zero-order chi connectivity index (χ0) is 18.5. The van der Waals surface area contributed by atoms with E-state index in [1.54, 1.807) is 21.0 Å². The first kappa shape index (κ1) is 23.9. The second-order valence-electron chi connectivity index (χ2n) is 7.50. The number of hydrogen-bond acceptors (Lipinski definition) is 5. The Morgan fingerprint density at radius 3 is 2.58 bits per heavy atom. The summed E-state index contributed by atoms with van der Waals surface area (Å²) in [5, 5.41) is 3.32. The fourth-order valence-corrected chi connectivity index (χ4v) is 4.53. The molecule has 0 spiro atoms. The number of rotatable bonds is 8. The van der Waals surface area contributed by atoms with E-state index in [4.69, 9.17) is 9.73 Å². The zero-order valence-electron chi connectivity index (χ0n) is 16.5. The molecule has 0 bridgehead atoms. The van der Waals surface area contributed by atoms with Crippen LogP contribution in [-0.2, 0) is 14.6 Å². The van der Waals surface area contributed by atoms with E-state index in [1.807, 2.05) is 6.92 Å². The van der Waals surface area contributed by atoms with Crippen molar-refractivity contribution in [3.63, 3.8) is 0 Å². The predicted octanol–water partition coefficient (Wildman–Crippen LogP) is 1.19. The van der Waals surface area contributed by atoms with Crippen molar-refractivity contribution in [1.29, 1.82) is 0 Å². The molecule has 2 aliphatic rings. The number of aliphatic imine (C=N–C) groups is 1. The Morgan fingerprint density at radius 1 is 1.35 bits per heavy atom. The first-order chi connectivity index (χ1) is 11.8. The van der Waals surface area contributed by atoms with Crippen molar-refractivity contribution in [2.75, 3.05) is 58.7 Å². The molecule has 0 aromatic rings. The number of guanidine groups is 1. The van der Waals surface area contributed by atoms with Gasteiger partial charge in [0.25, 0.3) is 0 Å². The van der Waals surface area contributed by atoms with Crippen molar-refractivity contribution in [2.45, 2.75) is 44.4 Å². The SMILES string of the molecule is CCNC(=NCCN(CCOC)C1CC1)N1CCS(=O)(=O)C(C)(C)C1.I. The van der Waals surface area contributed by atoms with Gasteiger partial charge in [0, 0.05) is 45.9 Å². The molecule has 0 aromatic carbocycles. The van der Waals surface area contributed by atoms with Crippen LogP contribution >= 0.6 is 24.0 Å². The molecule has 1 aliphatic heterocycles. The van der Waals surface area contributed by atoms with Gasteiger partial charge in [0.15, 0.2) is 15.8 Å². The van der Waals surface area contributed by atoms with Gasteiger partial charge < -0.3 is 15.0 Å². The maximum atomic E-state index is 12.2. The first-order valence-corrected chi connectivity index (χ1v) is 10.9. The van der Waals surface area contributed by atoms with Crippen molar-refractivity contribution in [2.24, 2.45) is 4.99 Å². The minimum absolute atomic E-state index is 0. The van der Waals surface area contributed by atoms with Crippen molar-refractivity contribution in [1.82, 2.24) is 15.1 Å². The second kappa shape index (κ2) is 10.4. The summed E-state index contributed by atoms with van der Waals surface area (Å²) in [5.74, 6) is 1.01. The monoisotopic (exact) mass is 502 g/mol. The van der Waals surface area contributed by atoms with Gasteiger partial charge in [0.1, 0.15) is 0 Å². The quantitative estimate of drug-likeness (QED) is 0.306. The van der Waals surface area contributed by atoms with Crippen molar-refractivity contribution in [3.05, 3.63) is 0 Å². The lowest BCUT2D eigenvalue weighted by molar-refractivity contribution is 0.145. The third-order valence-corrected chi connectivity index (χ3v) is 7.51. The van der Waals surface area contributed by atoms with Crippen LogP contribution in [0, 0.1) is 0 Å². The van der Waals surface area contributed by atoms with E-state index in [1.165, 1.54) is 12.8 Å². The molecule has 0 aromatic heterocycles. The molecule has 2 fully saturated rings. The van der Waals surface area contributed by atoms with Gasteiger partial charge in [-0.25, -0.2) is 8.42 Å². The van der Waals surface area contributed by atoms with Gasteiger partial charge in [0.2, 0.25) is 0 Å². The molecule has 1 heterocycles. The van der Waals surface area contributed by atoms with E-state index in [0.29, 0.717) is 25.7 Å². The van der Waals surface area contributed by atoms with Gasteiger partial charge in [-0.05, 0) is 33.6 Å². The van der Waals surface area contributed by atoms with Gasteiger partial charge >= 0.3 is 0 Å². The van der Waals surface area contributed by atoms with E-state index in [9.17, 15) is 8.42 Å². The average Bonchev–Trinajstić information content (AvgIpc) is 3.37. The Labute approximate surface area is 175 Å². The molecule has 26 heavy (non-hydrogen) atoms. The van der Waals surface area contributed by atoms with Crippen LogP contribution in [0.1, 0.15) is 33.6 Å². The molecule has 0 radical (unpaired) electrons. The van der Waals surface area contributed by atoms with Crippen LogP contribution in [0.3, 0.4) is 0 Å². The van der Waals surface area contributed by atoms with Gasteiger partial charge in [0.05, 0.1) is 23.7 Å². The second-order valence-corrected chi connectivity index (χ2v) is 10.2. The maximum Gasteiger partial charge on any atom is 0.194 e.